The molecule has 2 N–H and O–H groups in total. The molecule has 2 rings (SSSR count). The molecule has 7 heteroatoms. The van der Waals surface area contributed by atoms with Crippen LogP contribution in [0.5, 0.6) is 0 Å². The van der Waals surface area contributed by atoms with Gasteiger partial charge < -0.3 is 5.73 Å². The lowest BCUT2D eigenvalue weighted by molar-refractivity contribution is 0.469. The number of thiazole rings is 1. The molecular formula is C14H19N3O2S2. The molecule has 5 nitrogen and oxygen atoms in total. The Morgan fingerprint density at radius 3 is 2.62 bits per heavy atom. The largest absolute Gasteiger partial charge is 0.398 e. The lowest BCUT2D eigenvalue weighted by atomic mass is 10.1. The van der Waals surface area contributed by atoms with E-state index < -0.39 is 10.0 Å². The van der Waals surface area contributed by atoms with Gasteiger partial charge in [-0.1, -0.05) is 13.0 Å². The molecule has 1 aromatic carbocycles. The fourth-order valence-corrected chi connectivity index (χ4v) is 4.13. The molecule has 1 aromatic heterocycles. The number of rotatable bonds is 5. The lowest BCUT2D eigenvalue weighted by Crippen LogP contribution is -2.26. The van der Waals surface area contributed by atoms with Crippen molar-refractivity contribution >= 4 is 27.0 Å². The molecule has 1 heterocycles. The van der Waals surface area contributed by atoms with Gasteiger partial charge in [-0.15, -0.1) is 11.3 Å². The first-order chi connectivity index (χ1) is 9.84. The van der Waals surface area contributed by atoms with Crippen LogP contribution in [0.25, 0.3) is 0 Å². The number of hydrogen-bond acceptors (Lipinski definition) is 5. The van der Waals surface area contributed by atoms with E-state index in [-0.39, 0.29) is 4.90 Å². The van der Waals surface area contributed by atoms with E-state index in [1.807, 2.05) is 13.8 Å². The summed E-state index contributed by atoms with van der Waals surface area (Å²) in [5.41, 5.74) is 7.36. The summed E-state index contributed by atoms with van der Waals surface area (Å²) in [5.74, 6) is 0. The van der Waals surface area contributed by atoms with E-state index in [0.29, 0.717) is 12.2 Å². The second kappa shape index (κ2) is 6.13. The van der Waals surface area contributed by atoms with Crippen molar-refractivity contribution in [2.24, 2.45) is 0 Å². The number of hydrogen-bond donors (Lipinski definition) is 1. The Hall–Kier alpha value is -1.44. The van der Waals surface area contributed by atoms with Gasteiger partial charge in [-0.2, -0.15) is 4.31 Å². The number of benzene rings is 1. The molecule has 0 aliphatic rings. The Balaban J connectivity index is 2.26. The Bertz CT molecular complexity index is 738. The zero-order valence-corrected chi connectivity index (χ0v) is 14.0. The Morgan fingerprint density at radius 2 is 2.10 bits per heavy atom. The van der Waals surface area contributed by atoms with Crippen molar-refractivity contribution in [2.75, 3.05) is 12.8 Å². The monoisotopic (exact) mass is 325 g/mol. The number of aryl methyl sites for hydroxylation is 2. The number of sulfonamides is 1. The van der Waals surface area contributed by atoms with Gasteiger partial charge in [0.05, 0.1) is 9.90 Å². The molecule has 114 valence electrons. The minimum Gasteiger partial charge on any atom is -0.398 e. The zero-order chi connectivity index (χ0) is 15.6. The van der Waals surface area contributed by atoms with Crippen LogP contribution in [0.3, 0.4) is 0 Å². The molecule has 0 unspecified atom stereocenters. The first kappa shape index (κ1) is 15.9. The van der Waals surface area contributed by atoms with Crippen LogP contribution in [0, 0.1) is 6.92 Å². The van der Waals surface area contributed by atoms with Gasteiger partial charge in [-0.3, -0.25) is 0 Å². The normalized spacial score (nSPS) is 12.0. The van der Waals surface area contributed by atoms with Crippen molar-refractivity contribution in [2.45, 2.75) is 31.7 Å². The minimum atomic E-state index is -3.54. The third kappa shape index (κ3) is 3.42. The van der Waals surface area contributed by atoms with Gasteiger partial charge in [0.1, 0.15) is 0 Å². The standard InChI is InChI=1S/C14H19N3O2S2/c1-4-11-5-6-13(7-14(11)15)21(18,19)17(3)9-12-8-16-10(2)20-12/h5-8H,4,9,15H2,1-3H3. The van der Waals surface area contributed by atoms with Gasteiger partial charge >= 0.3 is 0 Å². The highest BCUT2D eigenvalue weighted by Gasteiger charge is 2.22. The number of anilines is 1. The molecule has 0 spiro atoms. The van der Waals surface area contributed by atoms with Crippen LogP contribution in [0.2, 0.25) is 0 Å². The molecular weight excluding hydrogens is 306 g/mol. The summed E-state index contributed by atoms with van der Waals surface area (Å²) < 4.78 is 26.4. The topological polar surface area (TPSA) is 76.3 Å². The molecule has 0 radical (unpaired) electrons. The predicted octanol–water partition coefficient (Wildman–Crippen LogP) is 2.42. The van der Waals surface area contributed by atoms with E-state index in [4.69, 9.17) is 5.73 Å². The summed E-state index contributed by atoms with van der Waals surface area (Å²) in [7, 11) is -1.98. The van der Waals surface area contributed by atoms with Gasteiger partial charge in [0, 0.05) is 30.4 Å². The maximum Gasteiger partial charge on any atom is 0.243 e. The number of nitrogens with zero attached hydrogens (tertiary/aromatic N) is 2. The van der Waals surface area contributed by atoms with Crippen molar-refractivity contribution < 1.29 is 8.42 Å². The summed E-state index contributed by atoms with van der Waals surface area (Å²) in [6.45, 7) is 4.19. The molecule has 21 heavy (non-hydrogen) atoms. The first-order valence-electron chi connectivity index (χ1n) is 6.60. The Morgan fingerprint density at radius 1 is 1.38 bits per heavy atom. The number of aromatic nitrogens is 1. The molecule has 0 aliphatic carbocycles. The highest BCUT2D eigenvalue weighted by Crippen LogP contribution is 2.23. The average Bonchev–Trinajstić information content (AvgIpc) is 2.83. The first-order valence-corrected chi connectivity index (χ1v) is 8.86. The van der Waals surface area contributed by atoms with Gasteiger partial charge in [-0.05, 0) is 31.0 Å². The third-order valence-corrected chi connectivity index (χ3v) is 5.95. The van der Waals surface area contributed by atoms with Gasteiger partial charge in [0.15, 0.2) is 0 Å². The van der Waals surface area contributed by atoms with E-state index in [0.717, 1.165) is 21.9 Å². The van der Waals surface area contributed by atoms with Crippen LogP contribution in [0.1, 0.15) is 22.4 Å². The van der Waals surface area contributed by atoms with Crippen LogP contribution < -0.4 is 5.73 Å². The van der Waals surface area contributed by atoms with E-state index >= 15 is 0 Å². The van der Waals surface area contributed by atoms with Gasteiger partial charge in [0.2, 0.25) is 10.0 Å². The zero-order valence-electron chi connectivity index (χ0n) is 12.3. The number of nitrogens with two attached hydrogens (primary N) is 1. The Labute approximate surface area is 129 Å². The second-order valence-electron chi connectivity index (χ2n) is 4.82. The van der Waals surface area contributed by atoms with Crippen LogP contribution in [0.4, 0.5) is 5.69 Å². The van der Waals surface area contributed by atoms with E-state index in [2.05, 4.69) is 4.98 Å². The van der Waals surface area contributed by atoms with E-state index in [9.17, 15) is 8.42 Å². The molecule has 0 fully saturated rings. The highest BCUT2D eigenvalue weighted by molar-refractivity contribution is 7.89. The molecule has 0 bridgehead atoms. The lowest BCUT2D eigenvalue weighted by Gasteiger charge is -2.17. The van der Waals surface area contributed by atoms with Gasteiger partial charge in [0.25, 0.3) is 0 Å². The fraction of sp³-hybridized carbons (Fsp3) is 0.357. The third-order valence-electron chi connectivity index (χ3n) is 3.25. The molecule has 0 saturated carbocycles. The summed E-state index contributed by atoms with van der Waals surface area (Å²) in [4.78, 5) is 5.28. The van der Waals surface area contributed by atoms with Crippen molar-refractivity contribution in [1.29, 1.82) is 0 Å². The maximum atomic E-state index is 12.5. The molecule has 0 aliphatic heterocycles. The minimum absolute atomic E-state index is 0.223. The van der Waals surface area contributed by atoms with Crippen LogP contribution in [-0.4, -0.2) is 24.8 Å². The summed E-state index contributed by atoms with van der Waals surface area (Å²) in [6.07, 6.45) is 2.49. The van der Waals surface area contributed by atoms with Crippen LogP contribution >= 0.6 is 11.3 Å². The fourth-order valence-electron chi connectivity index (χ4n) is 2.02. The maximum absolute atomic E-state index is 12.5. The smallest absolute Gasteiger partial charge is 0.243 e. The van der Waals surface area contributed by atoms with E-state index in [1.54, 1.807) is 25.4 Å². The van der Waals surface area contributed by atoms with E-state index in [1.165, 1.54) is 21.7 Å². The van der Waals surface area contributed by atoms with Crippen molar-refractivity contribution in [3.05, 3.63) is 39.8 Å². The van der Waals surface area contributed by atoms with Crippen molar-refractivity contribution in [3.63, 3.8) is 0 Å². The van der Waals surface area contributed by atoms with Crippen molar-refractivity contribution in [1.82, 2.24) is 9.29 Å². The highest BCUT2D eigenvalue weighted by atomic mass is 32.2. The van der Waals surface area contributed by atoms with Gasteiger partial charge in [-0.25, -0.2) is 13.4 Å². The average molecular weight is 325 g/mol. The summed E-state index contributed by atoms with van der Waals surface area (Å²) in [6, 6.07) is 4.91. The summed E-state index contributed by atoms with van der Waals surface area (Å²) in [5, 5.41) is 0.923. The van der Waals surface area contributed by atoms with Crippen LogP contribution in [-0.2, 0) is 23.0 Å². The second-order valence-corrected chi connectivity index (χ2v) is 8.19. The predicted molar refractivity (Wildman–Crippen MR) is 85.7 cm³/mol. The van der Waals surface area contributed by atoms with Crippen molar-refractivity contribution in [3.8, 4) is 0 Å². The SMILES string of the molecule is CCc1ccc(S(=O)(=O)N(C)Cc2cnc(C)s2)cc1N. The number of nitrogen functional groups attached to an aromatic ring is 1. The molecule has 0 amide bonds. The molecule has 2 aromatic rings. The molecule has 0 atom stereocenters. The van der Waals surface area contributed by atoms with Crippen LogP contribution in [0.15, 0.2) is 29.3 Å². The quantitative estimate of drug-likeness (QED) is 0.857. The molecule has 0 saturated heterocycles. The summed E-state index contributed by atoms with van der Waals surface area (Å²) >= 11 is 1.49. The Kier molecular flexibility index (Phi) is 4.65.